The van der Waals surface area contributed by atoms with Crippen LogP contribution in [0.3, 0.4) is 0 Å². The first-order valence-electron chi connectivity index (χ1n) is 6.51. The zero-order valence-electron chi connectivity index (χ0n) is 11.3. The lowest BCUT2D eigenvalue weighted by molar-refractivity contribution is -0.129. The fourth-order valence-corrected chi connectivity index (χ4v) is 2.30. The highest BCUT2D eigenvalue weighted by molar-refractivity contribution is 5.95. The molecule has 1 aromatic rings. The number of morpholine rings is 1. The Morgan fingerprint density at radius 2 is 2.21 bits per heavy atom. The maximum absolute atomic E-state index is 12.0. The predicted octanol–water partition coefficient (Wildman–Crippen LogP) is 2.46. The number of benzene rings is 1. The van der Waals surface area contributed by atoms with Crippen molar-refractivity contribution >= 4 is 11.6 Å². The van der Waals surface area contributed by atoms with E-state index in [-0.39, 0.29) is 18.6 Å². The molecule has 4 nitrogen and oxygen atoms in total. The Morgan fingerprint density at radius 1 is 1.47 bits per heavy atom. The van der Waals surface area contributed by atoms with Gasteiger partial charge in [-0.15, -0.1) is 0 Å². The Morgan fingerprint density at radius 3 is 2.89 bits per heavy atom. The molecule has 0 aliphatic carbocycles. The standard InChI is InChI=1S/C15H18N2O2/c1-11(2)13-5-3-4-6-14(13)17-9-12(7-8-16)19-10-15(17)18/h3-6,11-12H,7,9-10H2,1-2H3. The van der Waals surface area contributed by atoms with Gasteiger partial charge < -0.3 is 9.64 Å². The summed E-state index contributed by atoms with van der Waals surface area (Å²) in [7, 11) is 0. The third-order valence-electron chi connectivity index (χ3n) is 3.30. The third kappa shape index (κ3) is 2.94. The molecule has 1 aliphatic heterocycles. The van der Waals surface area contributed by atoms with Crippen LogP contribution < -0.4 is 4.90 Å². The molecule has 19 heavy (non-hydrogen) atoms. The van der Waals surface area contributed by atoms with E-state index in [0.717, 1.165) is 11.3 Å². The largest absolute Gasteiger partial charge is 0.365 e. The molecule has 4 heteroatoms. The minimum atomic E-state index is -0.192. The molecule has 1 aromatic carbocycles. The van der Waals surface area contributed by atoms with Crippen molar-refractivity contribution in [3.8, 4) is 6.07 Å². The number of ether oxygens (including phenoxy) is 1. The van der Waals surface area contributed by atoms with Crippen LogP contribution >= 0.6 is 0 Å². The Hall–Kier alpha value is -1.86. The van der Waals surface area contributed by atoms with Gasteiger partial charge in [0.25, 0.3) is 5.91 Å². The van der Waals surface area contributed by atoms with Crippen LogP contribution in [-0.2, 0) is 9.53 Å². The predicted molar refractivity (Wildman–Crippen MR) is 72.9 cm³/mol. The molecule has 2 rings (SSSR count). The SMILES string of the molecule is CC(C)c1ccccc1N1CC(CC#N)OCC1=O. The fourth-order valence-electron chi connectivity index (χ4n) is 2.30. The van der Waals surface area contributed by atoms with Crippen LogP contribution in [0.4, 0.5) is 5.69 Å². The number of rotatable bonds is 3. The van der Waals surface area contributed by atoms with Crippen LogP contribution in [0, 0.1) is 11.3 Å². The summed E-state index contributed by atoms with van der Waals surface area (Å²) in [6.45, 7) is 4.72. The first kappa shape index (κ1) is 13.6. The number of nitriles is 1. The molecule has 0 N–H and O–H groups in total. The zero-order valence-corrected chi connectivity index (χ0v) is 11.3. The first-order valence-corrected chi connectivity index (χ1v) is 6.51. The van der Waals surface area contributed by atoms with Crippen molar-refractivity contribution in [1.29, 1.82) is 5.26 Å². The van der Waals surface area contributed by atoms with Gasteiger partial charge in [0, 0.05) is 5.69 Å². The van der Waals surface area contributed by atoms with Crippen molar-refractivity contribution in [2.24, 2.45) is 0 Å². The topological polar surface area (TPSA) is 53.3 Å². The number of carbonyl (C=O) groups is 1. The summed E-state index contributed by atoms with van der Waals surface area (Å²) in [6.07, 6.45) is 0.121. The Labute approximate surface area is 113 Å². The van der Waals surface area contributed by atoms with Crippen LogP contribution in [0.25, 0.3) is 0 Å². The summed E-state index contributed by atoms with van der Waals surface area (Å²) in [5.74, 6) is 0.309. The van der Waals surface area contributed by atoms with Gasteiger partial charge in [-0.05, 0) is 17.5 Å². The third-order valence-corrected chi connectivity index (χ3v) is 3.30. The number of hydrogen-bond acceptors (Lipinski definition) is 3. The molecule has 1 unspecified atom stereocenters. The molecule has 0 spiro atoms. The molecule has 1 fully saturated rings. The molecule has 0 saturated carbocycles. The molecular formula is C15H18N2O2. The van der Waals surface area contributed by atoms with E-state index in [1.807, 2.05) is 24.3 Å². The van der Waals surface area contributed by atoms with Gasteiger partial charge in [-0.1, -0.05) is 32.0 Å². The highest BCUT2D eigenvalue weighted by atomic mass is 16.5. The number of carbonyl (C=O) groups excluding carboxylic acids is 1. The van der Waals surface area contributed by atoms with Crippen LogP contribution in [-0.4, -0.2) is 25.2 Å². The fraction of sp³-hybridized carbons (Fsp3) is 0.467. The molecule has 1 saturated heterocycles. The Kier molecular flexibility index (Phi) is 4.18. The Bertz CT molecular complexity index is 505. The second-order valence-corrected chi connectivity index (χ2v) is 5.01. The quantitative estimate of drug-likeness (QED) is 0.836. The van der Waals surface area contributed by atoms with E-state index in [2.05, 4.69) is 19.9 Å². The molecule has 1 heterocycles. The van der Waals surface area contributed by atoms with E-state index in [0.29, 0.717) is 18.9 Å². The summed E-state index contributed by atoms with van der Waals surface area (Å²) in [4.78, 5) is 13.8. The van der Waals surface area contributed by atoms with Gasteiger partial charge in [-0.25, -0.2) is 0 Å². The molecule has 0 radical (unpaired) electrons. The van der Waals surface area contributed by atoms with E-state index in [1.165, 1.54) is 0 Å². The van der Waals surface area contributed by atoms with Gasteiger partial charge in [0.1, 0.15) is 6.61 Å². The van der Waals surface area contributed by atoms with E-state index in [9.17, 15) is 4.79 Å². The minimum Gasteiger partial charge on any atom is -0.365 e. The Balaban J connectivity index is 2.29. The van der Waals surface area contributed by atoms with E-state index in [4.69, 9.17) is 10.00 Å². The summed E-state index contributed by atoms with van der Waals surface area (Å²) >= 11 is 0. The number of anilines is 1. The number of nitrogens with zero attached hydrogens (tertiary/aromatic N) is 2. The van der Waals surface area contributed by atoms with Gasteiger partial charge in [0.2, 0.25) is 0 Å². The average molecular weight is 258 g/mol. The summed E-state index contributed by atoms with van der Waals surface area (Å²) in [5.41, 5.74) is 2.09. The maximum Gasteiger partial charge on any atom is 0.253 e. The van der Waals surface area contributed by atoms with Gasteiger partial charge in [-0.2, -0.15) is 5.26 Å². The second kappa shape index (κ2) is 5.85. The van der Waals surface area contributed by atoms with Crippen LogP contribution in [0.15, 0.2) is 24.3 Å². The second-order valence-electron chi connectivity index (χ2n) is 5.01. The molecule has 0 aromatic heterocycles. The molecule has 1 amide bonds. The normalized spacial score (nSPS) is 19.6. The molecule has 1 atom stereocenters. The number of para-hydroxylation sites is 1. The van der Waals surface area contributed by atoms with Crippen LogP contribution in [0.1, 0.15) is 31.7 Å². The maximum atomic E-state index is 12.0. The lowest BCUT2D eigenvalue weighted by Gasteiger charge is -2.33. The lowest BCUT2D eigenvalue weighted by Crippen LogP contribution is -2.47. The van der Waals surface area contributed by atoms with Gasteiger partial charge in [0.15, 0.2) is 0 Å². The molecule has 1 aliphatic rings. The molecular weight excluding hydrogens is 240 g/mol. The summed E-state index contributed by atoms with van der Waals surface area (Å²) in [6, 6.07) is 10.0. The highest BCUT2D eigenvalue weighted by Crippen LogP contribution is 2.29. The number of hydrogen-bond donors (Lipinski definition) is 0. The lowest BCUT2D eigenvalue weighted by atomic mass is 10.00. The first-order chi connectivity index (χ1) is 9.13. The summed E-state index contributed by atoms with van der Waals surface area (Å²) < 4.78 is 5.37. The van der Waals surface area contributed by atoms with E-state index >= 15 is 0 Å². The smallest absolute Gasteiger partial charge is 0.253 e. The van der Waals surface area contributed by atoms with Crippen molar-refractivity contribution in [3.63, 3.8) is 0 Å². The highest BCUT2D eigenvalue weighted by Gasteiger charge is 2.28. The van der Waals surface area contributed by atoms with Crippen molar-refractivity contribution in [1.82, 2.24) is 0 Å². The summed E-state index contributed by atoms with van der Waals surface area (Å²) in [5, 5.41) is 8.75. The van der Waals surface area contributed by atoms with Crippen molar-refractivity contribution in [3.05, 3.63) is 29.8 Å². The van der Waals surface area contributed by atoms with Crippen molar-refractivity contribution in [2.75, 3.05) is 18.1 Å². The van der Waals surface area contributed by atoms with Crippen molar-refractivity contribution < 1.29 is 9.53 Å². The number of amides is 1. The molecule has 0 bridgehead atoms. The van der Waals surface area contributed by atoms with Crippen molar-refractivity contribution in [2.45, 2.75) is 32.3 Å². The minimum absolute atomic E-state index is 0.0395. The van der Waals surface area contributed by atoms with Gasteiger partial charge in [0.05, 0.1) is 25.1 Å². The van der Waals surface area contributed by atoms with E-state index < -0.39 is 0 Å². The van der Waals surface area contributed by atoms with Crippen LogP contribution in [0.2, 0.25) is 0 Å². The molecule has 100 valence electrons. The van der Waals surface area contributed by atoms with Crippen LogP contribution in [0.5, 0.6) is 0 Å². The van der Waals surface area contributed by atoms with Gasteiger partial charge in [-0.3, -0.25) is 4.79 Å². The zero-order chi connectivity index (χ0) is 13.8. The monoisotopic (exact) mass is 258 g/mol. The van der Waals surface area contributed by atoms with Gasteiger partial charge >= 0.3 is 0 Å². The average Bonchev–Trinajstić information content (AvgIpc) is 2.41. The van der Waals surface area contributed by atoms with E-state index in [1.54, 1.807) is 4.90 Å².